The second-order valence-electron chi connectivity index (χ2n) is 5.50. The standard InChI is InChI=1S/C15H22N4O2/c1-18(13-4-2-12(16)3-5-13)14(20)10-19-8-6-11(7-9-19)15(17)21/h2-5,11H,6-10,16H2,1H3,(H2,17,21). The average molecular weight is 290 g/mol. The van der Waals surface area contributed by atoms with Crippen LogP contribution in [-0.2, 0) is 9.59 Å². The Bertz CT molecular complexity index is 507. The van der Waals surface area contributed by atoms with Gasteiger partial charge in [-0.3, -0.25) is 14.5 Å². The van der Waals surface area contributed by atoms with Crippen LogP contribution in [0.1, 0.15) is 12.8 Å². The summed E-state index contributed by atoms with van der Waals surface area (Å²) in [6.45, 7) is 1.82. The topological polar surface area (TPSA) is 92.7 Å². The summed E-state index contributed by atoms with van der Waals surface area (Å²) in [4.78, 5) is 27.1. The van der Waals surface area contributed by atoms with E-state index in [0.717, 1.165) is 31.6 Å². The minimum absolute atomic E-state index is 0.0253. The Morgan fingerprint density at radius 3 is 2.33 bits per heavy atom. The summed E-state index contributed by atoms with van der Waals surface area (Å²) in [6.07, 6.45) is 1.46. The Kier molecular flexibility index (Phi) is 4.80. The van der Waals surface area contributed by atoms with Crippen LogP contribution in [0, 0.1) is 5.92 Å². The van der Waals surface area contributed by atoms with E-state index in [-0.39, 0.29) is 17.7 Å². The molecular weight excluding hydrogens is 268 g/mol. The fraction of sp³-hybridized carbons (Fsp3) is 0.467. The van der Waals surface area contributed by atoms with Crippen molar-refractivity contribution in [2.45, 2.75) is 12.8 Å². The van der Waals surface area contributed by atoms with E-state index >= 15 is 0 Å². The molecule has 0 aliphatic carbocycles. The van der Waals surface area contributed by atoms with E-state index in [0.29, 0.717) is 12.2 Å². The van der Waals surface area contributed by atoms with Gasteiger partial charge in [-0.25, -0.2) is 0 Å². The molecule has 1 heterocycles. The minimum Gasteiger partial charge on any atom is -0.399 e. The largest absolute Gasteiger partial charge is 0.399 e. The van der Waals surface area contributed by atoms with Crippen LogP contribution in [0.2, 0.25) is 0 Å². The van der Waals surface area contributed by atoms with Gasteiger partial charge in [0, 0.05) is 24.3 Å². The van der Waals surface area contributed by atoms with Crippen LogP contribution in [-0.4, -0.2) is 43.4 Å². The first kappa shape index (κ1) is 15.3. The van der Waals surface area contributed by atoms with E-state index < -0.39 is 0 Å². The molecule has 1 aromatic rings. The number of amides is 2. The van der Waals surface area contributed by atoms with Crippen molar-refractivity contribution in [2.24, 2.45) is 11.7 Å². The quantitative estimate of drug-likeness (QED) is 0.786. The van der Waals surface area contributed by atoms with Crippen molar-refractivity contribution >= 4 is 23.2 Å². The summed E-state index contributed by atoms with van der Waals surface area (Å²) in [7, 11) is 1.75. The summed E-state index contributed by atoms with van der Waals surface area (Å²) < 4.78 is 0. The normalized spacial score (nSPS) is 16.6. The molecule has 0 aromatic heterocycles. The zero-order chi connectivity index (χ0) is 15.4. The van der Waals surface area contributed by atoms with Gasteiger partial charge in [-0.15, -0.1) is 0 Å². The SMILES string of the molecule is CN(C(=O)CN1CCC(C(N)=O)CC1)c1ccc(N)cc1. The van der Waals surface area contributed by atoms with Crippen LogP contribution in [0.3, 0.4) is 0 Å². The molecule has 1 fully saturated rings. The van der Waals surface area contributed by atoms with Crippen molar-refractivity contribution in [3.63, 3.8) is 0 Å². The Morgan fingerprint density at radius 2 is 1.81 bits per heavy atom. The third-order valence-corrected chi connectivity index (χ3v) is 4.00. The average Bonchev–Trinajstić information content (AvgIpc) is 2.47. The van der Waals surface area contributed by atoms with Gasteiger partial charge in [-0.2, -0.15) is 0 Å². The van der Waals surface area contributed by atoms with Gasteiger partial charge in [0.15, 0.2) is 0 Å². The number of hydrogen-bond donors (Lipinski definition) is 2. The summed E-state index contributed by atoms with van der Waals surface area (Å²) in [5, 5.41) is 0. The van der Waals surface area contributed by atoms with Gasteiger partial charge in [-0.05, 0) is 50.2 Å². The van der Waals surface area contributed by atoms with Crippen molar-refractivity contribution < 1.29 is 9.59 Å². The van der Waals surface area contributed by atoms with Gasteiger partial charge in [-0.1, -0.05) is 0 Å². The van der Waals surface area contributed by atoms with E-state index in [2.05, 4.69) is 4.90 Å². The van der Waals surface area contributed by atoms with Crippen molar-refractivity contribution in [2.75, 3.05) is 37.3 Å². The molecule has 114 valence electrons. The fourth-order valence-electron chi connectivity index (χ4n) is 2.51. The van der Waals surface area contributed by atoms with Gasteiger partial charge < -0.3 is 16.4 Å². The van der Waals surface area contributed by atoms with Crippen molar-refractivity contribution in [3.8, 4) is 0 Å². The number of rotatable bonds is 4. The minimum atomic E-state index is -0.236. The van der Waals surface area contributed by atoms with E-state index in [1.54, 1.807) is 24.1 Å². The number of likely N-dealkylation sites (N-methyl/N-ethyl adjacent to an activating group) is 1. The zero-order valence-electron chi connectivity index (χ0n) is 12.3. The number of hydrogen-bond acceptors (Lipinski definition) is 4. The number of primary amides is 1. The maximum absolute atomic E-state index is 12.3. The van der Waals surface area contributed by atoms with Crippen LogP contribution < -0.4 is 16.4 Å². The second-order valence-corrected chi connectivity index (χ2v) is 5.50. The van der Waals surface area contributed by atoms with Crippen LogP contribution in [0.4, 0.5) is 11.4 Å². The Balaban J connectivity index is 1.87. The molecule has 2 amide bonds. The lowest BCUT2D eigenvalue weighted by atomic mass is 9.96. The first-order chi connectivity index (χ1) is 9.97. The number of nitrogens with zero attached hydrogens (tertiary/aromatic N) is 2. The highest BCUT2D eigenvalue weighted by Gasteiger charge is 2.25. The highest BCUT2D eigenvalue weighted by Crippen LogP contribution is 2.18. The molecule has 1 aliphatic rings. The molecule has 1 aliphatic heterocycles. The summed E-state index contributed by atoms with van der Waals surface area (Å²) in [5.74, 6) is -0.261. The van der Waals surface area contributed by atoms with Crippen molar-refractivity contribution in [1.29, 1.82) is 0 Å². The third-order valence-electron chi connectivity index (χ3n) is 4.00. The molecule has 2 rings (SSSR count). The second kappa shape index (κ2) is 6.58. The predicted octanol–water partition coefficient (Wildman–Crippen LogP) is 0.429. The van der Waals surface area contributed by atoms with Gasteiger partial charge in [0.2, 0.25) is 11.8 Å². The molecule has 0 unspecified atom stereocenters. The molecule has 0 atom stereocenters. The molecule has 4 N–H and O–H groups in total. The smallest absolute Gasteiger partial charge is 0.240 e. The molecule has 0 spiro atoms. The molecular formula is C15H22N4O2. The van der Waals surface area contributed by atoms with Crippen molar-refractivity contribution in [3.05, 3.63) is 24.3 Å². The highest BCUT2D eigenvalue weighted by atomic mass is 16.2. The van der Waals surface area contributed by atoms with Gasteiger partial charge >= 0.3 is 0 Å². The summed E-state index contributed by atoms with van der Waals surface area (Å²) >= 11 is 0. The Labute approximate surface area is 124 Å². The molecule has 0 bridgehead atoms. The van der Waals surface area contributed by atoms with Crippen molar-refractivity contribution in [1.82, 2.24) is 4.90 Å². The van der Waals surface area contributed by atoms with Crippen LogP contribution in [0.15, 0.2) is 24.3 Å². The highest BCUT2D eigenvalue weighted by molar-refractivity contribution is 5.94. The maximum Gasteiger partial charge on any atom is 0.240 e. The number of anilines is 2. The van der Waals surface area contributed by atoms with Gasteiger partial charge in [0.1, 0.15) is 0 Å². The fourth-order valence-corrected chi connectivity index (χ4v) is 2.51. The third kappa shape index (κ3) is 3.95. The van der Waals surface area contributed by atoms with Gasteiger partial charge in [0.05, 0.1) is 6.54 Å². The van der Waals surface area contributed by atoms with Gasteiger partial charge in [0.25, 0.3) is 0 Å². The molecule has 0 radical (unpaired) electrons. The first-order valence-corrected chi connectivity index (χ1v) is 7.11. The van der Waals surface area contributed by atoms with E-state index in [4.69, 9.17) is 11.5 Å². The van der Waals surface area contributed by atoms with E-state index in [1.807, 2.05) is 12.1 Å². The number of nitrogens with two attached hydrogens (primary N) is 2. The molecule has 0 saturated carbocycles. The van der Waals surface area contributed by atoms with Crippen LogP contribution in [0.5, 0.6) is 0 Å². The summed E-state index contributed by atoms with van der Waals surface area (Å²) in [5.41, 5.74) is 12.4. The molecule has 1 aromatic carbocycles. The van der Waals surface area contributed by atoms with Crippen LogP contribution in [0.25, 0.3) is 0 Å². The number of carbonyl (C=O) groups excluding carboxylic acids is 2. The molecule has 1 saturated heterocycles. The van der Waals surface area contributed by atoms with E-state index in [1.165, 1.54) is 0 Å². The summed E-state index contributed by atoms with van der Waals surface area (Å²) in [6, 6.07) is 7.20. The molecule has 6 nitrogen and oxygen atoms in total. The number of likely N-dealkylation sites (tertiary alicyclic amines) is 1. The lowest BCUT2D eigenvalue weighted by molar-refractivity contribution is -0.123. The first-order valence-electron chi connectivity index (χ1n) is 7.11. The predicted molar refractivity (Wildman–Crippen MR) is 82.6 cm³/mol. The van der Waals surface area contributed by atoms with E-state index in [9.17, 15) is 9.59 Å². The maximum atomic E-state index is 12.3. The number of benzene rings is 1. The number of piperidine rings is 1. The van der Waals surface area contributed by atoms with Crippen LogP contribution >= 0.6 is 0 Å². The number of nitrogen functional groups attached to an aromatic ring is 1. The lowest BCUT2D eigenvalue weighted by Crippen LogP contribution is -2.44. The number of carbonyl (C=O) groups is 2. The lowest BCUT2D eigenvalue weighted by Gasteiger charge is -2.31. The molecule has 21 heavy (non-hydrogen) atoms. The Hall–Kier alpha value is -2.08. The molecule has 6 heteroatoms. The Morgan fingerprint density at radius 1 is 1.24 bits per heavy atom. The zero-order valence-corrected chi connectivity index (χ0v) is 12.3. The monoisotopic (exact) mass is 290 g/mol.